The molecule has 0 unspecified atom stereocenters. The van der Waals surface area contributed by atoms with Crippen LogP contribution in [0.3, 0.4) is 0 Å². The molecule has 0 aliphatic heterocycles. The van der Waals surface area contributed by atoms with Crippen molar-refractivity contribution >= 4 is 5.97 Å². The summed E-state index contributed by atoms with van der Waals surface area (Å²) in [6.07, 6.45) is 3.96. The van der Waals surface area contributed by atoms with Gasteiger partial charge >= 0.3 is 5.97 Å². The molecule has 2 aromatic rings. The topological polar surface area (TPSA) is 40.5 Å². The lowest BCUT2D eigenvalue weighted by atomic mass is 9.75. The van der Waals surface area contributed by atoms with Crippen LogP contribution in [0, 0.1) is 19.8 Å². The lowest BCUT2D eigenvalue weighted by molar-refractivity contribution is -0.143. The van der Waals surface area contributed by atoms with Gasteiger partial charge in [-0.25, -0.2) is 0 Å². The van der Waals surface area contributed by atoms with Crippen LogP contribution in [0.5, 0.6) is 0 Å². The van der Waals surface area contributed by atoms with E-state index >= 15 is 0 Å². The van der Waals surface area contributed by atoms with Crippen LogP contribution in [0.15, 0.2) is 42.5 Å². The molecule has 27 heavy (non-hydrogen) atoms. The highest BCUT2D eigenvalue weighted by molar-refractivity contribution is 5.71. The number of hydrogen-bond donors (Lipinski definition) is 1. The summed E-state index contributed by atoms with van der Waals surface area (Å²) in [5.41, 5.74) is 6.54. The molecule has 144 valence electrons. The van der Waals surface area contributed by atoms with E-state index in [1.54, 1.807) is 0 Å². The van der Waals surface area contributed by atoms with Crippen LogP contribution in [0.25, 0.3) is 0 Å². The van der Waals surface area contributed by atoms with E-state index in [-0.39, 0.29) is 11.8 Å². The molecule has 0 bridgehead atoms. The van der Waals surface area contributed by atoms with E-state index in [9.17, 15) is 9.90 Å². The van der Waals surface area contributed by atoms with Gasteiger partial charge in [0.15, 0.2) is 0 Å². The molecule has 1 aliphatic rings. The van der Waals surface area contributed by atoms with Gasteiger partial charge in [0.25, 0.3) is 0 Å². The molecule has 0 spiro atoms. The van der Waals surface area contributed by atoms with E-state index in [0.29, 0.717) is 0 Å². The Labute approximate surface area is 163 Å². The molecule has 1 fully saturated rings. The smallest absolute Gasteiger partial charge is 0.307 e. The molecular formula is C24H31NO2. The van der Waals surface area contributed by atoms with E-state index in [2.05, 4.69) is 68.3 Å². The Hall–Kier alpha value is -2.13. The van der Waals surface area contributed by atoms with Crippen molar-refractivity contribution in [3.8, 4) is 0 Å². The first-order valence-electron chi connectivity index (χ1n) is 10.0. The number of aryl methyl sites for hydroxylation is 1. The second-order valence-electron chi connectivity index (χ2n) is 8.11. The molecule has 0 aromatic heterocycles. The zero-order valence-electron chi connectivity index (χ0n) is 16.7. The molecule has 0 radical (unpaired) electrons. The van der Waals surface area contributed by atoms with Gasteiger partial charge in [-0.05, 0) is 67.5 Å². The Bertz CT molecular complexity index is 781. The molecule has 3 rings (SSSR count). The van der Waals surface area contributed by atoms with Crippen LogP contribution in [0.4, 0.5) is 0 Å². The summed E-state index contributed by atoms with van der Waals surface area (Å²) in [6, 6.07) is 15.1. The van der Waals surface area contributed by atoms with Crippen LogP contribution < -0.4 is 0 Å². The van der Waals surface area contributed by atoms with E-state index in [1.807, 2.05) is 0 Å². The second kappa shape index (κ2) is 8.71. The first kappa shape index (κ1) is 19.6. The predicted octanol–water partition coefficient (Wildman–Crippen LogP) is 5.29. The standard InChI is InChI=1S/C24H31NO2/c1-17-7-6-8-21(18(17)2)16-25(3)15-19-11-13-20(14-12-19)22-9-4-5-10-23(22)24(26)27/h6-8,11-14,22-23H,4-5,9-10,15-16H2,1-3H3,(H,26,27)/t22-,23+/m1/s1. The van der Waals surface area contributed by atoms with E-state index < -0.39 is 5.97 Å². The van der Waals surface area contributed by atoms with Gasteiger partial charge in [-0.15, -0.1) is 0 Å². The summed E-state index contributed by atoms with van der Waals surface area (Å²) in [7, 11) is 2.15. The molecule has 0 amide bonds. The van der Waals surface area contributed by atoms with Crippen LogP contribution in [-0.4, -0.2) is 23.0 Å². The van der Waals surface area contributed by atoms with Gasteiger partial charge in [0.1, 0.15) is 0 Å². The van der Waals surface area contributed by atoms with Crippen molar-refractivity contribution in [3.63, 3.8) is 0 Å². The normalized spacial score (nSPS) is 20.0. The third-order valence-corrected chi connectivity index (χ3v) is 6.10. The summed E-state index contributed by atoms with van der Waals surface area (Å²) in [5, 5.41) is 9.52. The molecule has 1 saturated carbocycles. The van der Waals surface area contributed by atoms with Crippen molar-refractivity contribution < 1.29 is 9.90 Å². The van der Waals surface area contributed by atoms with Crippen molar-refractivity contribution in [2.24, 2.45) is 5.92 Å². The Morgan fingerprint density at radius 3 is 2.44 bits per heavy atom. The Balaban J connectivity index is 1.65. The van der Waals surface area contributed by atoms with Crippen molar-refractivity contribution in [1.82, 2.24) is 4.90 Å². The largest absolute Gasteiger partial charge is 0.481 e. The van der Waals surface area contributed by atoms with Gasteiger partial charge in [-0.1, -0.05) is 55.3 Å². The van der Waals surface area contributed by atoms with Crippen LogP contribution in [0.2, 0.25) is 0 Å². The zero-order chi connectivity index (χ0) is 19.4. The number of nitrogens with zero attached hydrogens (tertiary/aromatic N) is 1. The lowest BCUT2D eigenvalue weighted by Gasteiger charge is -2.29. The van der Waals surface area contributed by atoms with Gasteiger partial charge in [-0.3, -0.25) is 9.69 Å². The number of rotatable bonds is 6. The number of benzene rings is 2. The number of carboxylic acid groups (broad SMARTS) is 1. The third-order valence-electron chi connectivity index (χ3n) is 6.10. The van der Waals surface area contributed by atoms with Crippen molar-refractivity contribution in [3.05, 3.63) is 70.3 Å². The van der Waals surface area contributed by atoms with Crippen molar-refractivity contribution in [2.75, 3.05) is 7.05 Å². The van der Waals surface area contributed by atoms with Crippen LogP contribution in [0.1, 0.15) is 59.4 Å². The molecule has 1 N–H and O–H groups in total. The highest BCUT2D eigenvalue weighted by atomic mass is 16.4. The van der Waals surface area contributed by atoms with Crippen molar-refractivity contribution in [2.45, 2.75) is 58.5 Å². The van der Waals surface area contributed by atoms with Gasteiger partial charge in [0, 0.05) is 13.1 Å². The minimum absolute atomic E-state index is 0.165. The molecule has 0 saturated heterocycles. The Kier molecular flexibility index (Phi) is 6.33. The summed E-state index contributed by atoms with van der Waals surface area (Å²) in [6.45, 7) is 6.17. The van der Waals surface area contributed by atoms with Gasteiger partial charge < -0.3 is 5.11 Å². The predicted molar refractivity (Wildman–Crippen MR) is 110 cm³/mol. The molecule has 1 aliphatic carbocycles. The second-order valence-corrected chi connectivity index (χ2v) is 8.11. The van der Waals surface area contributed by atoms with Crippen molar-refractivity contribution in [1.29, 1.82) is 0 Å². The average Bonchev–Trinajstić information content (AvgIpc) is 2.66. The first-order valence-corrected chi connectivity index (χ1v) is 10.0. The Morgan fingerprint density at radius 2 is 1.74 bits per heavy atom. The summed E-state index contributed by atoms with van der Waals surface area (Å²) >= 11 is 0. The maximum Gasteiger partial charge on any atom is 0.307 e. The number of aliphatic carboxylic acids is 1. The molecule has 2 aromatic carbocycles. The maximum absolute atomic E-state index is 11.6. The fourth-order valence-electron chi connectivity index (χ4n) is 4.34. The highest BCUT2D eigenvalue weighted by Crippen LogP contribution is 2.38. The fraction of sp³-hybridized carbons (Fsp3) is 0.458. The van der Waals surface area contributed by atoms with Gasteiger partial charge in [-0.2, -0.15) is 0 Å². The average molecular weight is 366 g/mol. The molecular weight excluding hydrogens is 334 g/mol. The number of carboxylic acids is 1. The van der Waals surface area contributed by atoms with Gasteiger partial charge in [0.2, 0.25) is 0 Å². The fourth-order valence-corrected chi connectivity index (χ4v) is 4.34. The lowest BCUT2D eigenvalue weighted by Crippen LogP contribution is -2.25. The monoisotopic (exact) mass is 365 g/mol. The number of hydrogen-bond acceptors (Lipinski definition) is 2. The zero-order valence-corrected chi connectivity index (χ0v) is 16.7. The van der Waals surface area contributed by atoms with E-state index in [0.717, 1.165) is 38.8 Å². The molecule has 3 nitrogen and oxygen atoms in total. The highest BCUT2D eigenvalue weighted by Gasteiger charge is 2.31. The van der Waals surface area contributed by atoms with E-state index in [4.69, 9.17) is 0 Å². The number of carbonyl (C=O) groups is 1. The van der Waals surface area contributed by atoms with E-state index in [1.165, 1.54) is 27.8 Å². The quantitative estimate of drug-likeness (QED) is 0.756. The maximum atomic E-state index is 11.6. The summed E-state index contributed by atoms with van der Waals surface area (Å²) in [5.74, 6) is -0.702. The van der Waals surface area contributed by atoms with Crippen LogP contribution in [-0.2, 0) is 17.9 Å². The van der Waals surface area contributed by atoms with Gasteiger partial charge in [0.05, 0.1) is 5.92 Å². The Morgan fingerprint density at radius 1 is 1.04 bits per heavy atom. The third kappa shape index (κ3) is 4.78. The molecule has 2 atom stereocenters. The summed E-state index contributed by atoms with van der Waals surface area (Å²) in [4.78, 5) is 13.9. The molecule has 0 heterocycles. The minimum Gasteiger partial charge on any atom is -0.481 e. The van der Waals surface area contributed by atoms with Crippen LogP contribution >= 0.6 is 0 Å². The first-order chi connectivity index (χ1) is 13.0. The molecule has 3 heteroatoms. The minimum atomic E-state index is -0.642. The summed E-state index contributed by atoms with van der Waals surface area (Å²) < 4.78 is 0. The SMILES string of the molecule is Cc1cccc(CN(C)Cc2ccc([C@H]3CCCC[C@@H]3C(=O)O)cc2)c1C.